The molecule has 0 heterocycles. The van der Waals surface area contributed by atoms with E-state index in [0.29, 0.717) is 5.84 Å². The number of amidine groups is 1. The molecule has 76 valence electrons. The smallest absolute Gasteiger partial charge is 0.0981 e. The maximum absolute atomic E-state index is 5.78. The lowest BCUT2D eigenvalue weighted by molar-refractivity contribution is 0.924. The molecule has 2 nitrogen and oxygen atoms in total. The zero-order valence-electron chi connectivity index (χ0n) is 8.33. The van der Waals surface area contributed by atoms with Crippen LogP contribution in [0, 0.1) is 0 Å². The van der Waals surface area contributed by atoms with Gasteiger partial charge >= 0.3 is 0 Å². The van der Waals surface area contributed by atoms with E-state index in [4.69, 9.17) is 5.73 Å². The molecular formula is C11H15BrN2. The van der Waals surface area contributed by atoms with Gasteiger partial charge in [-0.15, -0.1) is 0 Å². The number of nitrogens with zero attached hydrogens (tertiary/aromatic N) is 1. The monoisotopic (exact) mass is 254 g/mol. The lowest BCUT2D eigenvalue weighted by Gasteiger charge is -2.01. The van der Waals surface area contributed by atoms with E-state index in [2.05, 4.69) is 40.0 Å². The minimum Gasteiger partial charge on any atom is -0.387 e. The standard InChI is InChI=1S/C11H15BrN2/c1-2-6-14-11(13)8-9-4-3-5-10(12)7-9/h3-5,7H,2,6,8H2,1H3,(H2,13,14). The van der Waals surface area contributed by atoms with Crippen molar-refractivity contribution in [2.45, 2.75) is 19.8 Å². The van der Waals surface area contributed by atoms with Crippen molar-refractivity contribution in [2.75, 3.05) is 6.54 Å². The summed E-state index contributed by atoms with van der Waals surface area (Å²) in [7, 11) is 0. The van der Waals surface area contributed by atoms with Gasteiger partial charge in [-0.2, -0.15) is 0 Å². The zero-order valence-corrected chi connectivity index (χ0v) is 9.92. The highest BCUT2D eigenvalue weighted by molar-refractivity contribution is 9.10. The van der Waals surface area contributed by atoms with Crippen LogP contribution in [0.15, 0.2) is 33.7 Å². The Labute approximate surface area is 93.4 Å². The third-order valence-electron chi connectivity index (χ3n) is 1.81. The average molecular weight is 255 g/mol. The highest BCUT2D eigenvalue weighted by Crippen LogP contribution is 2.11. The van der Waals surface area contributed by atoms with Crippen LogP contribution in [0.4, 0.5) is 0 Å². The third kappa shape index (κ3) is 3.92. The molecule has 0 radical (unpaired) electrons. The van der Waals surface area contributed by atoms with Crippen LogP contribution in [0.2, 0.25) is 0 Å². The van der Waals surface area contributed by atoms with Gasteiger partial charge in [-0.3, -0.25) is 4.99 Å². The number of halogens is 1. The van der Waals surface area contributed by atoms with E-state index in [1.54, 1.807) is 0 Å². The first kappa shape index (κ1) is 11.2. The molecule has 3 heteroatoms. The second kappa shape index (κ2) is 5.81. The number of benzene rings is 1. The predicted octanol–water partition coefficient (Wildman–Crippen LogP) is 2.76. The van der Waals surface area contributed by atoms with Gasteiger partial charge in [0.25, 0.3) is 0 Å². The zero-order chi connectivity index (χ0) is 10.4. The lowest BCUT2D eigenvalue weighted by atomic mass is 10.1. The average Bonchev–Trinajstić information content (AvgIpc) is 2.15. The Kier molecular flexibility index (Phi) is 4.66. The molecule has 1 rings (SSSR count). The first-order valence-electron chi connectivity index (χ1n) is 4.75. The second-order valence-corrected chi connectivity index (χ2v) is 4.10. The summed E-state index contributed by atoms with van der Waals surface area (Å²) in [5.41, 5.74) is 6.97. The summed E-state index contributed by atoms with van der Waals surface area (Å²) in [6.07, 6.45) is 1.78. The maximum atomic E-state index is 5.78. The van der Waals surface area contributed by atoms with Crippen LogP contribution < -0.4 is 5.73 Å². The van der Waals surface area contributed by atoms with Gasteiger partial charge in [0.2, 0.25) is 0 Å². The first-order chi connectivity index (χ1) is 6.72. The SMILES string of the molecule is CCCN=C(N)Cc1cccc(Br)c1. The number of rotatable bonds is 4. The fourth-order valence-electron chi connectivity index (χ4n) is 1.17. The minimum absolute atomic E-state index is 0.713. The highest BCUT2D eigenvalue weighted by atomic mass is 79.9. The molecule has 0 aliphatic carbocycles. The molecule has 0 fully saturated rings. The number of aliphatic imine (C=N–C) groups is 1. The van der Waals surface area contributed by atoms with Gasteiger partial charge in [0.1, 0.15) is 0 Å². The predicted molar refractivity (Wildman–Crippen MR) is 64.6 cm³/mol. The van der Waals surface area contributed by atoms with Gasteiger partial charge in [-0.1, -0.05) is 35.0 Å². The van der Waals surface area contributed by atoms with Crippen molar-refractivity contribution in [3.63, 3.8) is 0 Å². The van der Waals surface area contributed by atoms with Gasteiger partial charge < -0.3 is 5.73 Å². The lowest BCUT2D eigenvalue weighted by Crippen LogP contribution is -2.15. The molecule has 2 N–H and O–H groups in total. The maximum Gasteiger partial charge on any atom is 0.0981 e. The Bertz CT molecular complexity index is 321. The Morgan fingerprint density at radius 2 is 2.29 bits per heavy atom. The van der Waals surface area contributed by atoms with Crippen molar-refractivity contribution < 1.29 is 0 Å². The fraction of sp³-hybridized carbons (Fsp3) is 0.364. The molecule has 0 aliphatic rings. The molecule has 0 aliphatic heterocycles. The molecule has 0 aromatic heterocycles. The molecule has 0 amide bonds. The van der Waals surface area contributed by atoms with Gasteiger partial charge in [-0.05, 0) is 24.1 Å². The topological polar surface area (TPSA) is 38.4 Å². The molecule has 1 aromatic carbocycles. The van der Waals surface area contributed by atoms with E-state index in [1.165, 1.54) is 5.56 Å². The molecule has 0 bridgehead atoms. The molecular weight excluding hydrogens is 240 g/mol. The number of hydrogen-bond acceptors (Lipinski definition) is 1. The van der Waals surface area contributed by atoms with E-state index in [9.17, 15) is 0 Å². The number of hydrogen-bond donors (Lipinski definition) is 1. The third-order valence-corrected chi connectivity index (χ3v) is 2.31. The van der Waals surface area contributed by atoms with Crippen LogP contribution in [-0.2, 0) is 6.42 Å². The largest absolute Gasteiger partial charge is 0.387 e. The number of nitrogens with two attached hydrogens (primary N) is 1. The Morgan fingerprint density at radius 1 is 1.50 bits per heavy atom. The first-order valence-corrected chi connectivity index (χ1v) is 5.55. The van der Waals surface area contributed by atoms with Crippen LogP contribution in [0.5, 0.6) is 0 Å². The van der Waals surface area contributed by atoms with Gasteiger partial charge in [0.05, 0.1) is 5.84 Å². The molecule has 0 saturated heterocycles. The summed E-state index contributed by atoms with van der Waals surface area (Å²) >= 11 is 3.42. The molecule has 14 heavy (non-hydrogen) atoms. The van der Waals surface area contributed by atoms with Crippen molar-refractivity contribution in [1.29, 1.82) is 0 Å². The van der Waals surface area contributed by atoms with Gasteiger partial charge in [-0.25, -0.2) is 0 Å². The van der Waals surface area contributed by atoms with E-state index in [1.807, 2.05) is 12.1 Å². The highest BCUT2D eigenvalue weighted by Gasteiger charge is 1.96. The fourth-order valence-corrected chi connectivity index (χ4v) is 1.61. The van der Waals surface area contributed by atoms with Crippen molar-refractivity contribution in [3.8, 4) is 0 Å². The molecule has 0 saturated carbocycles. The quantitative estimate of drug-likeness (QED) is 0.652. The minimum atomic E-state index is 0.713. The molecule has 0 atom stereocenters. The van der Waals surface area contributed by atoms with E-state index in [0.717, 1.165) is 23.9 Å². The van der Waals surface area contributed by atoms with Crippen molar-refractivity contribution >= 4 is 21.8 Å². The molecule has 1 aromatic rings. The van der Waals surface area contributed by atoms with E-state index < -0.39 is 0 Å². The molecule has 0 unspecified atom stereocenters. The molecule has 0 spiro atoms. The van der Waals surface area contributed by atoms with Gasteiger partial charge in [0, 0.05) is 17.4 Å². The summed E-state index contributed by atoms with van der Waals surface area (Å²) in [6.45, 7) is 2.91. The Hall–Kier alpha value is -0.830. The summed E-state index contributed by atoms with van der Waals surface area (Å²) in [6, 6.07) is 8.13. The summed E-state index contributed by atoms with van der Waals surface area (Å²) in [4.78, 5) is 4.25. The van der Waals surface area contributed by atoms with Crippen molar-refractivity contribution in [1.82, 2.24) is 0 Å². The van der Waals surface area contributed by atoms with Crippen LogP contribution in [0.25, 0.3) is 0 Å². The second-order valence-electron chi connectivity index (χ2n) is 3.18. The normalized spacial score (nSPS) is 11.7. The van der Waals surface area contributed by atoms with Crippen LogP contribution in [0.3, 0.4) is 0 Å². The van der Waals surface area contributed by atoms with Crippen LogP contribution in [0.1, 0.15) is 18.9 Å². The summed E-state index contributed by atoms with van der Waals surface area (Å²) in [5, 5.41) is 0. The summed E-state index contributed by atoms with van der Waals surface area (Å²) < 4.78 is 1.08. The van der Waals surface area contributed by atoms with Gasteiger partial charge in [0.15, 0.2) is 0 Å². The van der Waals surface area contributed by atoms with Crippen LogP contribution in [-0.4, -0.2) is 12.4 Å². The Balaban J connectivity index is 2.60. The van der Waals surface area contributed by atoms with Crippen molar-refractivity contribution in [3.05, 3.63) is 34.3 Å². The summed E-state index contributed by atoms with van der Waals surface area (Å²) in [5.74, 6) is 0.713. The Morgan fingerprint density at radius 3 is 2.93 bits per heavy atom. The van der Waals surface area contributed by atoms with E-state index in [-0.39, 0.29) is 0 Å². The van der Waals surface area contributed by atoms with E-state index >= 15 is 0 Å². The van der Waals surface area contributed by atoms with Crippen LogP contribution >= 0.6 is 15.9 Å². The van der Waals surface area contributed by atoms with Crippen molar-refractivity contribution in [2.24, 2.45) is 10.7 Å².